The number of alkyl halides is 2. The third kappa shape index (κ3) is 7.49. The summed E-state index contributed by atoms with van der Waals surface area (Å²) in [4.78, 5) is 48.0. The van der Waals surface area contributed by atoms with E-state index in [4.69, 9.17) is 29.2 Å². The average molecular weight is 834 g/mol. The summed E-state index contributed by atoms with van der Waals surface area (Å²) in [6.45, 7) is 4.85. The quantitative estimate of drug-likeness (QED) is 0.105. The van der Waals surface area contributed by atoms with Gasteiger partial charge in [-0.15, -0.1) is 0 Å². The van der Waals surface area contributed by atoms with Crippen LogP contribution in [0.3, 0.4) is 0 Å². The summed E-state index contributed by atoms with van der Waals surface area (Å²) in [6.07, 6.45) is 9.81. The number of nitrogens with one attached hydrogen (secondary N) is 2. The van der Waals surface area contributed by atoms with Gasteiger partial charge in [-0.25, -0.2) is 28.7 Å². The maximum absolute atomic E-state index is 14.1. The highest BCUT2D eigenvalue weighted by molar-refractivity contribution is 6.04. The summed E-state index contributed by atoms with van der Waals surface area (Å²) < 4.78 is 48.6. The van der Waals surface area contributed by atoms with Crippen molar-refractivity contribution < 1.29 is 37.7 Å². The molecule has 6 aromatic rings. The normalized spacial score (nSPS) is 20.7. The van der Waals surface area contributed by atoms with E-state index in [1.165, 1.54) is 18.2 Å². The zero-order valence-electron chi connectivity index (χ0n) is 33.6. The number of nitrogens with zero attached hydrogens (tertiary/aromatic N) is 7. The highest BCUT2D eigenvalue weighted by Gasteiger charge is 2.68. The number of pyridine rings is 4. The molecule has 4 saturated carbocycles. The van der Waals surface area contributed by atoms with Crippen molar-refractivity contribution in [2.75, 3.05) is 61.7 Å². The number of hydrogen-bond acceptors (Lipinski definition) is 11. The second-order valence-corrected chi connectivity index (χ2v) is 16.7. The lowest BCUT2D eigenvalue weighted by atomic mass is 9.34. The Labute approximate surface area is 349 Å². The van der Waals surface area contributed by atoms with Gasteiger partial charge in [0, 0.05) is 74.4 Å². The fourth-order valence-corrected chi connectivity index (χ4v) is 9.04. The fourth-order valence-electron chi connectivity index (χ4n) is 9.04. The SMILES string of the molecule is CCOc1cc2nc(C3CC3)cn2cc1NC(=O)c1cc(CCOc2cc3nc(C45CC(CO)(C4)C5)cn3cc2NC(=O)c2cccc(C(F)F)n2)cc(N2CCOCC2)n1. The maximum atomic E-state index is 14.1. The van der Waals surface area contributed by atoms with Gasteiger partial charge in [0.05, 0.1) is 37.8 Å². The number of hydrogen-bond donors (Lipinski definition) is 3. The van der Waals surface area contributed by atoms with Crippen LogP contribution in [0.25, 0.3) is 11.3 Å². The van der Waals surface area contributed by atoms with Gasteiger partial charge in [0.25, 0.3) is 18.2 Å². The molecule has 17 heteroatoms. The van der Waals surface area contributed by atoms with E-state index in [9.17, 15) is 23.5 Å². The third-order valence-electron chi connectivity index (χ3n) is 12.3. The number of fused-ring (bicyclic) bond motifs is 2. The second-order valence-electron chi connectivity index (χ2n) is 16.7. The first-order valence-electron chi connectivity index (χ1n) is 20.7. The number of imidazole rings is 2. The Morgan fingerprint density at radius 2 is 1.56 bits per heavy atom. The second kappa shape index (κ2) is 15.4. The maximum Gasteiger partial charge on any atom is 0.280 e. The molecule has 7 heterocycles. The molecule has 2 bridgehead atoms. The molecule has 1 aliphatic heterocycles. The summed E-state index contributed by atoms with van der Waals surface area (Å²) in [6, 6.07) is 11.2. The highest BCUT2D eigenvalue weighted by atomic mass is 19.3. The molecule has 5 aliphatic rings. The van der Waals surface area contributed by atoms with Gasteiger partial charge in [0.15, 0.2) is 0 Å². The van der Waals surface area contributed by atoms with Crippen molar-refractivity contribution in [1.29, 1.82) is 0 Å². The lowest BCUT2D eigenvalue weighted by Gasteiger charge is -2.69. The van der Waals surface area contributed by atoms with E-state index in [1.807, 2.05) is 46.4 Å². The van der Waals surface area contributed by atoms with Crippen LogP contribution < -0.4 is 25.0 Å². The molecule has 11 rings (SSSR count). The van der Waals surface area contributed by atoms with Gasteiger partial charge in [-0.1, -0.05) is 6.07 Å². The number of rotatable bonds is 15. The molecule has 0 spiro atoms. The zero-order chi connectivity index (χ0) is 41.9. The van der Waals surface area contributed by atoms with Crippen LogP contribution in [0, 0.1) is 5.41 Å². The predicted octanol–water partition coefficient (Wildman–Crippen LogP) is 6.36. The molecule has 1 saturated heterocycles. The fraction of sp³-hybridized carbons (Fsp3) is 0.409. The molecule has 5 fully saturated rings. The molecule has 0 atom stereocenters. The Kier molecular flexibility index (Phi) is 9.82. The van der Waals surface area contributed by atoms with Crippen LogP contribution in [0.5, 0.6) is 11.5 Å². The van der Waals surface area contributed by atoms with Crippen molar-refractivity contribution in [3.63, 3.8) is 0 Å². The van der Waals surface area contributed by atoms with Crippen LogP contribution in [0.2, 0.25) is 0 Å². The summed E-state index contributed by atoms with van der Waals surface area (Å²) in [5.74, 6) is 0.825. The summed E-state index contributed by atoms with van der Waals surface area (Å²) >= 11 is 0. The lowest BCUT2D eigenvalue weighted by Crippen LogP contribution is -2.66. The van der Waals surface area contributed by atoms with Crippen LogP contribution in [-0.4, -0.2) is 91.8 Å². The Hall–Kier alpha value is -6.20. The summed E-state index contributed by atoms with van der Waals surface area (Å²) in [7, 11) is 0. The average Bonchev–Trinajstić information content (AvgIpc) is 3.89. The number of amides is 2. The first kappa shape index (κ1) is 39.0. The van der Waals surface area contributed by atoms with Crippen LogP contribution in [0.4, 0.5) is 26.0 Å². The number of anilines is 3. The minimum absolute atomic E-state index is 0.0149. The molecule has 0 unspecified atom stereocenters. The van der Waals surface area contributed by atoms with Gasteiger partial charge in [0.1, 0.15) is 57.1 Å². The summed E-state index contributed by atoms with van der Waals surface area (Å²) in [5.41, 5.74) is 4.29. The van der Waals surface area contributed by atoms with Gasteiger partial charge in [-0.3, -0.25) is 9.59 Å². The number of morpholine rings is 1. The molecule has 61 heavy (non-hydrogen) atoms. The highest BCUT2D eigenvalue weighted by Crippen LogP contribution is 2.73. The molecule has 15 nitrogen and oxygen atoms in total. The van der Waals surface area contributed by atoms with Crippen LogP contribution in [-0.2, 0) is 16.6 Å². The smallest absolute Gasteiger partial charge is 0.280 e. The monoisotopic (exact) mass is 833 g/mol. The summed E-state index contributed by atoms with van der Waals surface area (Å²) in [5, 5.41) is 15.7. The van der Waals surface area contributed by atoms with Gasteiger partial charge >= 0.3 is 0 Å². The Balaban J connectivity index is 0.921. The van der Waals surface area contributed by atoms with Gasteiger partial charge in [0.2, 0.25) is 0 Å². The minimum atomic E-state index is -2.84. The number of carbonyl (C=O) groups excluding carboxylic acids is 2. The molecule has 0 aromatic carbocycles. The van der Waals surface area contributed by atoms with Crippen molar-refractivity contribution in [3.05, 3.63) is 101 Å². The first-order chi connectivity index (χ1) is 29.6. The van der Waals surface area contributed by atoms with Crippen molar-refractivity contribution >= 4 is 40.3 Å². The topological polar surface area (TPSA) is 170 Å². The van der Waals surface area contributed by atoms with Crippen LogP contribution in [0.1, 0.15) is 95.0 Å². The third-order valence-corrected chi connectivity index (χ3v) is 12.3. The van der Waals surface area contributed by atoms with Gasteiger partial charge in [-0.2, -0.15) is 0 Å². The van der Waals surface area contributed by atoms with E-state index in [2.05, 4.69) is 20.5 Å². The van der Waals surface area contributed by atoms with E-state index >= 15 is 0 Å². The first-order valence-corrected chi connectivity index (χ1v) is 20.7. The number of aromatic nitrogens is 6. The number of aliphatic hydroxyl groups is 1. The molecule has 2 amide bonds. The van der Waals surface area contributed by atoms with Crippen molar-refractivity contribution in [1.82, 2.24) is 28.7 Å². The van der Waals surface area contributed by atoms with Crippen molar-refractivity contribution in [2.45, 2.75) is 63.2 Å². The molecule has 4 aliphatic carbocycles. The largest absolute Gasteiger partial charge is 0.491 e. The molecule has 0 radical (unpaired) electrons. The van der Waals surface area contributed by atoms with Gasteiger partial charge < -0.3 is 43.7 Å². The van der Waals surface area contributed by atoms with E-state index in [-0.39, 0.29) is 35.4 Å². The van der Waals surface area contributed by atoms with E-state index in [0.29, 0.717) is 79.6 Å². The molecule has 316 valence electrons. The van der Waals surface area contributed by atoms with Gasteiger partial charge in [-0.05, 0) is 74.3 Å². The Bertz CT molecular complexity index is 2650. The number of ether oxygens (including phenoxy) is 3. The zero-order valence-corrected chi connectivity index (χ0v) is 33.6. The number of carbonyl (C=O) groups is 2. The minimum Gasteiger partial charge on any atom is -0.491 e. The van der Waals surface area contributed by atoms with E-state index < -0.39 is 23.9 Å². The Morgan fingerprint density at radius 3 is 2.25 bits per heavy atom. The van der Waals surface area contributed by atoms with Crippen molar-refractivity contribution in [2.24, 2.45) is 5.41 Å². The number of aliphatic hydroxyl groups excluding tert-OH is 1. The lowest BCUT2D eigenvalue weighted by molar-refractivity contribution is -0.169. The van der Waals surface area contributed by atoms with E-state index in [1.54, 1.807) is 18.3 Å². The van der Waals surface area contributed by atoms with Crippen LogP contribution in [0.15, 0.2) is 67.3 Å². The van der Waals surface area contributed by atoms with Crippen LogP contribution >= 0.6 is 0 Å². The van der Waals surface area contributed by atoms with E-state index in [0.717, 1.165) is 54.7 Å². The standard InChI is InChI=1S/C44H45F2N9O6/c1-2-60-34-16-38-49-31(27-6-7-27)18-54(38)19-32(34)51-42(58)30-14-26(15-37(48-30)53-9-12-59-13-10-53)8-11-61-35-17-39-52-36(44-22-43(23-44,24-44)25-56)21-55(39)20-33(35)50-41(57)29-5-3-4-28(47-29)40(45)46/h3-5,14-21,27,40,56H,2,6-13,22-25H2,1H3,(H,50,57)(H,51,58). The molecular weight excluding hydrogens is 789 g/mol. The molecule has 6 aromatic heterocycles. The Morgan fingerprint density at radius 1 is 0.869 bits per heavy atom. The molecule has 3 N–H and O–H groups in total. The van der Waals surface area contributed by atoms with Crippen molar-refractivity contribution in [3.8, 4) is 11.5 Å². The number of halogens is 2. The predicted molar refractivity (Wildman–Crippen MR) is 220 cm³/mol. The molecular formula is C44H45F2N9O6.